The van der Waals surface area contributed by atoms with Crippen molar-refractivity contribution in [3.8, 4) is 11.8 Å². The Morgan fingerprint density at radius 3 is 1.25 bits per heavy atom. The van der Waals surface area contributed by atoms with Gasteiger partial charge in [-0.25, -0.2) is 19.2 Å². The summed E-state index contributed by atoms with van der Waals surface area (Å²) in [5, 5.41) is 29.5. The second-order valence-electron chi connectivity index (χ2n) is 33.8. The fourth-order valence-corrected chi connectivity index (χ4v) is 17.6. The number of carbonyl (C=O) groups excluding carboxylic acids is 6. The Morgan fingerprint density at radius 1 is 0.486 bits per heavy atom. The van der Waals surface area contributed by atoms with Crippen molar-refractivity contribution in [1.29, 1.82) is 0 Å². The van der Waals surface area contributed by atoms with Crippen molar-refractivity contribution in [2.45, 2.75) is 226 Å². The van der Waals surface area contributed by atoms with Gasteiger partial charge in [0.2, 0.25) is 0 Å². The predicted molar refractivity (Wildman–Crippen MR) is 593 cm³/mol. The third-order valence-corrected chi connectivity index (χ3v) is 24.0. The summed E-state index contributed by atoms with van der Waals surface area (Å²) in [4.78, 5) is 112. The average Bonchev–Trinajstić information content (AvgIpc) is 1.82. The van der Waals surface area contributed by atoms with Crippen LogP contribution in [-0.4, -0.2) is 183 Å². The van der Waals surface area contributed by atoms with Crippen molar-refractivity contribution in [1.82, 2.24) is 19.6 Å². The molecule has 3 radical (unpaired) electrons. The van der Waals surface area contributed by atoms with Crippen LogP contribution in [0.4, 0.5) is 9.59 Å². The van der Waals surface area contributed by atoms with E-state index in [-0.39, 0.29) is 158 Å². The van der Waals surface area contributed by atoms with Crippen molar-refractivity contribution in [3.63, 3.8) is 0 Å². The number of fused-ring (bicyclic) bond motifs is 1. The third-order valence-electron chi connectivity index (χ3n) is 22.6. The summed E-state index contributed by atoms with van der Waals surface area (Å²) in [7, 11) is 0.701. The van der Waals surface area contributed by atoms with Crippen LogP contribution >= 0.6 is 90.4 Å². The van der Waals surface area contributed by atoms with Gasteiger partial charge in [-0.15, -0.1) is 0 Å². The number of rotatable bonds is 29. The summed E-state index contributed by atoms with van der Waals surface area (Å²) in [5.41, 5.74) is 11.6. The van der Waals surface area contributed by atoms with E-state index < -0.39 is 56.0 Å². The molecule has 32 heteroatoms. The van der Waals surface area contributed by atoms with Crippen LogP contribution in [0.3, 0.4) is 0 Å². The first-order valence-corrected chi connectivity index (χ1v) is 56.0. The molecule has 24 nitrogen and oxygen atoms in total. The Morgan fingerprint density at radius 2 is 0.871 bits per heavy atom. The van der Waals surface area contributed by atoms with E-state index in [1.54, 1.807) is 27.0 Å². The number of benzene rings is 6. The Kier molecular flexibility index (Phi) is 90.8. The molecular formula is C108H164I4N5O19SiV3-3. The Balaban J connectivity index is -0.000000361. The fraction of sp³-hybridized carbons (Fsp3) is 0.537. The molecule has 11 rings (SSSR count). The average molecular weight is 2530 g/mol. The maximum atomic E-state index is 12.0. The zero-order valence-corrected chi connectivity index (χ0v) is 99.3. The van der Waals surface area contributed by atoms with Gasteiger partial charge in [0.05, 0.1) is 70.8 Å². The van der Waals surface area contributed by atoms with Crippen LogP contribution in [-0.2, 0) is 149 Å². The number of nitrogens with zero attached hydrogens (tertiary/aromatic N) is 4. The van der Waals surface area contributed by atoms with Crippen LogP contribution < -0.4 is 5.73 Å². The predicted octanol–water partition coefficient (Wildman–Crippen LogP) is 25.3. The number of halogens is 4. The molecule has 0 aromatic heterocycles. The van der Waals surface area contributed by atoms with Gasteiger partial charge in [-0.1, -0.05) is 364 Å². The number of methoxy groups -OCH3 is 1. The first kappa shape index (κ1) is 145. The number of hydrogen-bond acceptors (Lipinski definition) is 19. The first-order chi connectivity index (χ1) is 64.2. The number of carboxylic acid groups (broad SMARTS) is 3. The van der Waals surface area contributed by atoms with Crippen LogP contribution in [0.1, 0.15) is 208 Å². The number of nitrogens with two attached hydrogens (primary N) is 1. The van der Waals surface area contributed by atoms with E-state index in [1.165, 1.54) is 62.3 Å². The summed E-state index contributed by atoms with van der Waals surface area (Å²) in [6.45, 7) is 38.7. The van der Waals surface area contributed by atoms with E-state index in [9.17, 15) is 43.2 Å². The van der Waals surface area contributed by atoms with E-state index in [0.29, 0.717) is 63.7 Å². The maximum absolute atomic E-state index is 12.0. The van der Waals surface area contributed by atoms with E-state index in [2.05, 4.69) is 229 Å². The third kappa shape index (κ3) is 62.4. The van der Waals surface area contributed by atoms with Crippen molar-refractivity contribution in [2.75, 3.05) is 85.7 Å². The standard InChI is InChI=1S/C16H23NO2.2C15H19NO4.C13H23NOSi.C12H13N.C10H18O2.C8H14O2.C7H12O2.C7H10O2.CHI3.CH2I.CH4.2CH3.3V/c1-3-14-11-17(10-13-8-6-5-7-9-13)12-15(14)16(18)19-4-2;2*1-2-12-8-16(9-13(12)14(17)18)15(19)20-10-11-6-4-3-5-7-11;1-15-11-14(12-16(2,3)4)10-13-8-6-5-7-9-13;1-9(13)11-8-4-6-10-5-2-3-7-12(10)11;1-3-8-6-5-7-9(8)10(11)12-4-2;1-2-6-4-3-5-7(6)8(9)10;2*1-3-5-6-7(8)9-4-2;2-1(3)4;1-2;;;;;;/h5-9,14-15H,3-4,10-12H2,1-2H3;2*3-7,12-13H,2,8-10H2,1H3,(H,17,18);5-9H,10-12H2,1-4H3;2-9H,13H2,1H3;8-9H,3-7H2,1-2H3;6-7H,2-5H2,1H3,(H,9,10);5-6H,3-4H2,1-2H3;3-4H2,1-2H3;1H;1H2;1H4;2*1H3;;;/q;;;;;;;;;;-1;;2*-1;;;/b;;;;;;;6-5-;;;;;;;;;/t;12-,13+;;;9-;;;;;;;;;;;;/m.1..1............/s1. The molecule has 785 valence electrons. The molecule has 11 atom stereocenters. The molecule has 3 heterocycles. The summed E-state index contributed by atoms with van der Waals surface area (Å²) in [6, 6.07) is 54.6. The number of carboxylic acids is 3. The molecule has 2 amide bonds. The van der Waals surface area contributed by atoms with E-state index in [4.69, 9.17) is 44.7 Å². The molecule has 2 aliphatic carbocycles. The molecule has 6 aromatic carbocycles. The van der Waals surface area contributed by atoms with Gasteiger partial charge in [0, 0.05) is 140 Å². The number of amides is 2. The minimum Gasteiger partial charge on any atom is -0.481 e. The smallest absolute Gasteiger partial charge is 0.410 e. The Hall–Kier alpha value is -5.56. The zero-order valence-electron chi connectivity index (χ0n) is 85.5. The molecule has 8 unspecified atom stereocenters. The Labute approximate surface area is 932 Å². The number of likely N-dealkylation sites (tertiary alicyclic amines) is 3. The van der Waals surface area contributed by atoms with Gasteiger partial charge < -0.3 is 101 Å². The molecule has 3 saturated heterocycles. The van der Waals surface area contributed by atoms with Crippen LogP contribution in [0, 0.1) is 90.8 Å². The van der Waals surface area contributed by atoms with Gasteiger partial charge in [0.1, 0.15) is 13.2 Å². The van der Waals surface area contributed by atoms with Gasteiger partial charge in [-0.2, -0.15) is 0 Å². The number of hydrogen-bond donors (Lipinski definition) is 4. The SMILES string of the molecule is C.CC/C=C\C(=O)OCC.CCC#CC(=O)OCC.CCC1CCCC1C(=O)O.CCC1CN(C(=O)OCc2ccccc2)CC1C(=O)O.CCOC(=O)C1CCCC1CC.CCOC(=O)C1CN(Cc2ccccc2)CC1CC.CC[C@@H]1CN(C(=O)OCc2ccccc2)C[C@@H]1C(=O)O.COCN(Cc1ccccc1)C[Si](C)(C)C.C[C@@H](N)c1cccc2ccccc12.IC(I)I.[CH2-]I.[CH3-].[CH3-].[V].[V].[V]. The molecule has 3 aliphatic heterocycles. The molecule has 6 aromatic rings. The second kappa shape index (κ2) is 87.6. The largest absolute Gasteiger partial charge is 0.481 e. The second-order valence-corrected chi connectivity index (χ2v) is 50.1. The number of ether oxygens (including phenoxy) is 7. The van der Waals surface area contributed by atoms with Crippen molar-refractivity contribution in [2.24, 2.45) is 64.9 Å². The monoisotopic (exact) mass is 2520 g/mol. The van der Waals surface area contributed by atoms with Crippen LogP contribution in [0.2, 0.25) is 19.6 Å². The fourth-order valence-electron chi connectivity index (χ4n) is 16.1. The molecule has 0 bridgehead atoms. The molecule has 5 aliphatic rings. The topological polar surface area (TPSA) is 318 Å². The summed E-state index contributed by atoms with van der Waals surface area (Å²) in [6.07, 6.45) is 16.3. The van der Waals surface area contributed by atoms with Gasteiger partial charge in [-0.3, -0.25) is 38.7 Å². The van der Waals surface area contributed by atoms with E-state index in [0.717, 1.165) is 108 Å². The van der Waals surface area contributed by atoms with Crippen LogP contribution in [0.25, 0.3) is 10.8 Å². The quantitative estimate of drug-likeness (QED) is 0.00324. The van der Waals surface area contributed by atoms with Gasteiger partial charge >= 0.3 is 54.0 Å². The molecule has 5 fully saturated rings. The van der Waals surface area contributed by atoms with Gasteiger partial charge in [0.25, 0.3) is 0 Å². The Bertz CT molecular complexity index is 4240. The van der Waals surface area contributed by atoms with Crippen molar-refractivity contribution < 1.29 is 147 Å². The minimum atomic E-state index is -1.07. The van der Waals surface area contributed by atoms with Crippen molar-refractivity contribution in [3.05, 3.63) is 224 Å². The van der Waals surface area contributed by atoms with E-state index in [1.807, 2.05) is 150 Å². The number of carbonyl (C=O) groups is 9. The summed E-state index contributed by atoms with van der Waals surface area (Å²) >= 11 is 8.85. The van der Waals surface area contributed by atoms with Crippen LogP contribution in [0.15, 0.2) is 176 Å². The number of alkyl halides is 3. The number of aliphatic carboxylic acids is 3. The van der Waals surface area contributed by atoms with E-state index >= 15 is 0 Å². The normalized spacial score (nSPS) is 18.2. The van der Waals surface area contributed by atoms with Crippen molar-refractivity contribution >= 4 is 163 Å². The van der Waals surface area contributed by atoms with Gasteiger partial charge in [0.15, 0.2) is 0 Å². The molecular weight excluding hydrogens is 2360 g/mol. The zero-order chi connectivity index (χ0) is 100. The molecule has 0 spiro atoms. The minimum absolute atomic E-state index is 0. The van der Waals surface area contributed by atoms with Crippen LogP contribution in [0.5, 0.6) is 0 Å². The number of allylic oxidation sites excluding steroid dienone is 1. The molecule has 5 N–H and O–H groups in total. The summed E-state index contributed by atoms with van der Waals surface area (Å²) in [5.74, 6) is 2.74. The molecule has 140 heavy (non-hydrogen) atoms. The summed E-state index contributed by atoms with van der Waals surface area (Å²) < 4.78 is 35.8. The maximum Gasteiger partial charge on any atom is 0.410 e. The first-order valence-electron chi connectivity index (χ1n) is 47.0. The van der Waals surface area contributed by atoms with Gasteiger partial charge in [-0.05, 0) is 141 Å². The number of esters is 4. The molecule has 2 saturated carbocycles.